The van der Waals surface area contributed by atoms with Crippen molar-refractivity contribution in [2.24, 2.45) is 5.92 Å². The van der Waals surface area contributed by atoms with Crippen molar-refractivity contribution in [1.29, 1.82) is 0 Å². The summed E-state index contributed by atoms with van der Waals surface area (Å²) in [7, 11) is 0. The molecule has 0 spiro atoms. The number of hydrogen-bond donors (Lipinski definition) is 2. The minimum absolute atomic E-state index is 0.171. The zero-order chi connectivity index (χ0) is 28.5. The van der Waals surface area contributed by atoms with E-state index >= 15 is 0 Å². The monoisotopic (exact) mass is 545 g/mol. The average molecular weight is 546 g/mol. The molecular weight excluding hydrogens is 507 g/mol. The molecule has 7 nitrogen and oxygen atoms in total. The Morgan fingerprint density at radius 3 is 2.23 bits per heavy atom. The highest BCUT2D eigenvalue weighted by Gasteiger charge is 2.34. The third-order valence-corrected chi connectivity index (χ3v) is 7.78. The number of Topliss-reactive ketones (excluding diaryl/α,β-unsaturated/α-hetero) is 2. The Morgan fingerprint density at radius 1 is 0.950 bits per heavy atom. The van der Waals surface area contributed by atoms with E-state index in [2.05, 4.69) is 21.7 Å². The Hall–Kier alpha value is -3.91. The van der Waals surface area contributed by atoms with Crippen LogP contribution in [0.4, 0.5) is 14.9 Å². The number of amides is 2. The van der Waals surface area contributed by atoms with Crippen molar-refractivity contribution in [3.05, 3.63) is 95.1 Å². The maximum absolute atomic E-state index is 13.3. The fourth-order valence-corrected chi connectivity index (χ4v) is 5.52. The summed E-state index contributed by atoms with van der Waals surface area (Å²) in [6, 6.07) is 17.2. The quantitative estimate of drug-likeness (QED) is 0.181. The predicted molar refractivity (Wildman–Crippen MR) is 154 cm³/mol. The van der Waals surface area contributed by atoms with Crippen LogP contribution in [0.5, 0.6) is 0 Å². The number of ketones is 2. The standard InChI is InChI=1S/C32H37FN4O3/c1-23(38)27-19-28(24(2)39)21-31(20-27)36-32(40)35-14-5-15-37(22-30-6-3-4-13-34-30)16-11-26(12-17-37)18-25-7-9-29(33)10-8-25/h3-4,6-10,13,19-21,26H,5,11-12,14-18,22H2,1-2H3,(H-,35,36,40)/p+1. The van der Waals surface area contributed by atoms with Crippen LogP contribution in [0.3, 0.4) is 0 Å². The molecule has 2 heterocycles. The summed E-state index contributed by atoms with van der Waals surface area (Å²) in [6.45, 7) is 7.17. The summed E-state index contributed by atoms with van der Waals surface area (Å²) >= 11 is 0. The van der Waals surface area contributed by atoms with Gasteiger partial charge in [-0.25, -0.2) is 9.18 Å². The predicted octanol–water partition coefficient (Wildman–Crippen LogP) is 5.81. The van der Waals surface area contributed by atoms with Crippen molar-refractivity contribution in [1.82, 2.24) is 10.3 Å². The van der Waals surface area contributed by atoms with E-state index in [0.717, 1.165) is 62.0 Å². The lowest BCUT2D eigenvalue weighted by molar-refractivity contribution is -0.946. The molecule has 3 aromatic rings. The molecule has 2 aromatic carbocycles. The molecule has 40 heavy (non-hydrogen) atoms. The lowest BCUT2D eigenvalue weighted by Gasteiger charge is -2.44. The lowest BCUT2D eigenvalue weighted by Crippen LogP contribution is -2.53. The highest BCUT2D eigenvalue weighted by molar-refractivity contribution is 6.02. The molecule has 0 saturated carbocycles. The number of nitrogens with one attached hydrogen (secondary N) is 2. The summed E-state index contributed by atoms with van der Waals surface area (Å²) in [6.07, 6.45) is 5.76. The van der Waals surface area contributed by atoms with Gasteiger partial charge in [0, 0.05) is 36.0 Å². The number of halogens is 1. The van der Waals surface area contributed by atoms with Gasteiger partial charge in [-0.2, -0.15) is 0 Å². The number of likely N-dealkylation sites (tertiary alicyclic amines) is 1. The van der Waals surface area contributed by atoms with Crippen LogP contribution in [-0.2, 0) is 13.0 Å². The number of carbonyl (C=O) groups is 3. The molecule has 1 fully saturated rings. The first-order chi connectivity index (χ1) is 19.2. The van der Waals surface area contributed by atoms with Gasteiger partial charge in [0.05, 0.1) is 25.3 Å². The van der Waals surface area contributed by atoms with Crippen LogP contribution in [0.2, 0.25) is 0 Å². The van der Waals surface area contributed by atoms with E-state index in [1.54, 1.807) is 18.2 Å². The molecule has 4 rings (SSSR count). The first-order valence-electron chi connectivity index (χ1n) is 13.9. The van der Waals surface area contributed by atoms with Crippen LogP contribution in [-0.4, -0.2) is 53.2 Å². The smallest absolute Gasteiger partial charge is 0.319 e. The number of aromatic nitrogens is 1. The molecule has 0 bridgehead atoms. The van der Waals surface area contributed by atoms with Crippen LogP contribution in [0.15, 0.2) is 66.9 Å². The molecule has 1 aliphatic heterocycles. The topological polar surface area (TPSA) is 88.2 Å². The zero-order valence-corrected chi connectivity index (χ0v) is 23.3. The molecule has 1 aliphatic rings. The number of benzene rings is 2. The molecular formula is C32H38FN4O3+. The molecule has 1 saturated heterocycles. The third-order valence-electron chi connectivity index (χ3n) is 7.78. The second kappa shape index (κ2) is 13.4. The van der Waals surface area contributed by atoms with Gasteiger partial charge in [-0.05, 0) is 87.1 Å². The van der Waals surface area contributed by atoms with Gasteiger partial charge in [0.1, 0.15) is 12.4 Å². The van der Waals surface area contributed by atoms with Crippen molar-refractivity contribution in [3.8, 4) is 0 Å². The Kier molecular flexibility index (Phi) is 9.77. The van der Waals surface area contributed by atoms with E-state index in [-0.39, 0.29) is 23.4 Å². The van der Waals surface area contributed by atoms with Crippen LogP contribution in [0.1, 0.15) is 65.1 Å². The zero-order valence-electron chi connectivity index (χ0n) is 23.3. The molecule has 2 N–H and O–H groups in total. The van der Waals surface area contributed by atoms with Gasteiger partial charge >= 0.3 is 6.03 Å². The highest BCUT2D eigenvalue weighted by atomic mass is 19.1. The number of carbonyl (C=O) groups excluding carboxylic acids is 3. The van der Waals surface area contributed by atoms with Crippen LogP contribution in [0.25, 0.3) is 0 Å². The molecule has 1 aromatic heterocycles. The number of anilines is 1. The Bertz CT molecular complexity index is 1290. The van der Waals surface area contributed by atoms with Crippen LogP contribution < -0.4 is 10.6 Å². The number of quaternary nitrogens is 1. The number of rotatable bonds is 11. The molecule has 0 atom stereocenters. The summed E-state index contributed by atoms with van der Waals surface area (Å²) in [5.74, 6) is 0.0194. The maximum atomic E-state index is 13.3. The first-order valence-corrected chi connectivity index (χ1v) is 13.9. The molecule has 0 aliphatic carbocycles. The Balaban J connectivity index is 1.32. The SMILES string of the molecule is CC(=O)c1cc(NC(=O)NCCC[N+]2(Cc3ccccn3)CCC(Cc3ccc(F)cc3)CC2)cc(C(C)=O)c1. The van der Waals surface area contributed by atoms with Crippen molar-refractivity contribution in [2.75, 3.05) is 31.5 Å². The van der Waals surface area contributed by atoms with Gasteiger partial charge in [0.2, 0.25) is 0 Å². The molecule has 210 valence electrons. The fourth-order valence-electron chi connectivity index (χ4n) is 5.52. The second-order valence-corrected chi connectivity index (χ2v) is 10.9. The number of hydrogen-bond acceptors (Lipinski definition) is 4. The number of nitrogens with zero attached hydrogens (tertiary/aromatic N) is 2. The molecule has 0 unspecified atom stereocenters. The second-order valence-electron chi connectivity index (χ2n) is 10.9. The van der Waals surface area contributed by atoms with Crippen LogP contribution >= 0.6 is 0 Å². The average Bonchev–Trinajstić information content (AvgIpc) is 2.94. The number of piperidine rings is 1. The summed E-state index contributed by atoms with van der Waals surface area (Å²) in [4.78, 5) is 40.9. The maximum Gasteiger partial charge on any atom is 0.319 e. The summed E-state index contributed by atoms with van der Waals surface area (Å²) in [5, 5.41) is 5.68. The van der Waals surface area contributed by atoms with E-state index < -0.39 is 0 Å². The highest BCUT2D eigenvalue weighted by Crippen LogP contribution is 2.29. The van der Waals surface area contributed by atoms with Crippen LogP contribution in [0, 0.1) is 11.7 Å². The summed E-state index contributed by atoms with van der Waals surface area (Å²) < 4.78 is 14.2. The van der Waals surface area contributed by atoms with Gasteiger partial charge in [0.25, 0.3) is 0 Å². The Labute approximate surface area is 235 Å². The number of urea groups is 1. The first kappa shape index (κ1) is 29.1. The van der Waals surface area contributed by atoms with Gasteiger partial charge in [-0.3, -0.25) is 14.6 Å². The fraction of sp³-hybridized carbons (Fsp3) is 0.375. The lowest BCUT2D eigenvalue weighted by atomic mass is 9.88. The van der Waals surface area contributed by atoms with E-state index in [4.69, 9.17) is 0 Å². The minimum atomic E-state index is -0.371. The molecule has 2 amide bonds. The van der Waals surface area contributed by atoms with Gasteiger partial charge < -0.3 is 15.1 Å². The van der Waals surface area contributed by atoms with E-state index in [1.807, 2.05) is 30.5 Å². The van der Waals surface area contributed by atoms with Crippen molar-refractivity contribution in [2.45, 2.75) is 46.1 Å². The van der Waals surface area contributed by atoms with E-state index in [0.29, 0.717) is 29.3 Å². The summed E-state index contributed by atoms with van der Waals surface area (Å²) in [5.41, 5.74) is 3.42. The van der Waals surface area contributed by atoms with E-state index in [9.17, 15) is 18.8 Å². The van der Waals surface area contributed by atoms with Crippen molar-refractivity contribution >= 4 is 23.3 Å². The number of pyridine rings is 1. The normalized spacial score (nSPS) is 18.6. The molecule has 8 heteroatoms. The molecule has 0 radical (unpaired) electrons. The third kappa shape index (κ3) is 8.29. The van der Waals surface area contributed by atoms with Crippen molar-refractivity contribution < 1.29 is 23.3 Å². The van der Waals surface area contributed by atoms with Gasteiger partial charge in [-0.15, -0.1) is 0 Å². The minimum Gasteiger partial charge on any atom is -0.338 e. The van der Waals surface area contributed by atoms with E-state index in [1.165, 1.54) is 31.5 Å². The van der Waals surface area contributed by atoms with Gasteiger partial charge in [0.15, 0.2) is 11.6 Å². The largest absolute Gasteiger partial charge is 0.338 e. The van der Waals surface area contributed by atoms with Gasteiger partial charge in [-0.1, -0.05) is 18.2 Å². The Morgan fingerprint density at radius 2 is 1.62 bits per heavy atom. The van der Waals surface area contributed by atoms with Crippen molar-refractivity contribution in [3.63, 3.8) is 0 Å².